The van der Waals surface area contributed by atoms with Gasteiger partial charge in [-0.2, -0.15) is 0 Å². The number of hydrogen-bond acceptors (Lipinski definition) is 2. The lowest BCUT2D eigenvalue weighted by molar-refractivity contribution is 0.840. The van der Waals surface area contributed by atoms with Crippen LogP contribution in [0.3, 0.4) is 0 Å². The number of benzene rings is 3. The van der Waals surface area contributed by atoms with Crippen LogP contribution in [0.4, 0.5) is 11.4 Å². The van der Waals surface area contributed by atoms with Crippen molar-refractivity contribution in [1.29, 1.82) is 0 Å². The summed E-state index contributed by atoms with van der Waals surface area (Å²) in [4.78, 5) is 2.44. The molecule has 1 aliphatic heterocycles. The number of rotatable bonds is 2. The minimum atomic E-state index is 0.846. The summed E-state index contributed by atoms with van der Waals surface area (Å²) in [6.45, 7) is 2.01. The lowest BCUT2D eigenvalue weighted by atomic mass is 10.0. The van der Waals surface area contributed by atoms with Crippen molar-refractivity contribution in [2.24, 2.45) is 0 Å². The molecule has 3 aromatic carbocycles. The first-order valence-electron chi connectivity index (χ1n) is 7.41. The smallest absolute Gasteiger partial charge is 0.0435 e. The van der Waals surface area contributed by atoms with Gasteiger partial charge in [0.1, 0.15) is 0 Å². The van der Waals surface area contributed by atoms with Gasteiger partial charge in [-0.1, -0.05) is 48.5 Å². The van der Waals surface area contributed by atoms with Gasteiger partial charge in [-0.05, 0) is 40.5 Å². The molecule has 2 nitrogen and oxygen atoms in total. The van der Waals surface area contributed by atoms with Crippen LogP contribution in [-0.2, 0) is 13.0 Å². The quantitative estimate of drug-likeness (QED) is 0.716. The van der Waals surface area contributed by atoms with Crippen LogP contribution in [0.2, 0.25) is 0 Å². The van der Waals surface area contributed by atoms with E-state index in [1.54, 1.807) is 0 Å². The van der Waals surface area contributed by atoms with Crippen molar-refractivity contribution in [2.75, 3.05) is 17.2 Å². The predicted molar refractivity (Wildman–Crippen MR) is 89.6 cm³/mol. The zero-order valence-corrected chi connectivity index (χ0v) is 11.9. The minimum Gasteiger partial charge on any atom is -0.399 e. The highest BCUT2D eigenvalue weighted by Crippen LogP contribution is 2.32. The van der Waals surface area contributed by atoms with E-state index < -0.39 is 0 Å². The number of hydrogen-bond donors (Lipinski definition) is 1. The summed E-state index contributed by atoms with van der Waals surface area (Å²) < 4.78 is 0. The molecule has 2 heteroatoms. The van der Waals surface area contributed by atoms with Crippen LogP contribution in [0.1, 0.15) is 11.1 Å². The summed E-state index contributed by atoms with van der Waals surface area (Å²) in [6.07, 6.45) is 1.11. The summed E-state index contributed by atoms with van der Waals surface area (Å²) in [7, 11) is 0. The topological polar surface area (TPSA) is 29.3 Å². The Morgan fingerprint density at radius 2 is 1.81 bits per heavy atom. The van der Waals surface area contributed by atoms with Crippen molar-refractivity contribution >= 4 is 22.1 Å². The van der Waals surface area contributed by atoms with Crippen molar-refractivity contribution in [3.8, 4) is 0 Å². The van der Waals surface area contributed by atoms with Crippen LogP contribution in [0, 0.1) is 0 Å². The second kappa shape index (κ2) is 4.81. The molecule has 0 aliphatic carbocycles. The Hall–Kier alpha value is -2.48. The van der Waals surface area contributed by atoms with Gasteiger partial charge in [-0.3, -0.25) is 0 Å². The minimum absolute atomic E-state index is 0.846. The van der Waals surface area contributed by atoms with Gasteiger partial charge in [0.15, 0.2) is 0 Å². The third-order valence-corrected chi connectivity index (χ3v) is 4.34. The van der Waals surface area contributed by atoms with Gasteiger partial charge in [-0.25, -0.2) is 0 Å². The molecule has 0 unspecified atom stereocenters. The Bertz CT molecular complexity index is 802. The molecular weight excluding hydrogens is 256 g/mol. The van der Waals surface area contributed by atoms with Crippen molar-refractivity contribution in [3.05, 3.63) is 71.8 Å². The SMILES string of the molecule is Nc1ccc2c(c1)N(Cc1cccc3ccccc13)CC2. The Balaban J connectivity index is 1.73. The van der Waals surface area contributed by atoms with Gasteiger partial charge in [-0.15, -0.1) is 0 Å². The van der Waals surface area contributed by atoms with Crippen LogP contribution in [0.15, 0.2) is 60.7 Å². The van der Waals surface area contributed by atoms with Gasteiger partial charge < -0.3 is 10.6 Å². The normalized spacial score (nSPS) is 13.6. The van der Waals surface area contributed by atoms with Gasteiger partial charge in [0.05, 0.1) is 0 Å². The molecule has 21 heavy (non-hydrogen) atoms. The summed E-state index contributed by atoms with van der Waals surface area (Å²) >= 11 is 0. The number of anilines is 2. The zero-order valence-electron chi connectivity index (χ0n) is 11.9. The van der Waals surface area contributed by atoms with Gasteiger partial charge in [0.25, 0.3) is 0 Å². The molecule has 0 saturated heterocycles. The van der Waals surface area contributed by atoms with Gasteiger partial charge in [0, 0.05) is 24.5 Å². The van der Waals surface area contributed by atoms with Gasteiger partial charge in [0.2, 0.25) is 0 Å². The maximum atomic E-state index is 5.95. The molecule has 0 saturated carbocycles. The third kappa shape index (κ3) is 2.13. The van der Waals surface area contributed by atoms with Crippen LogP contribution in [-0.4, -0.2) is 6.54 Å². The Morgan fingerprint density at radius 3 is 2.76 bits per heavy atom. The fourth-order valence-electron chi connectivity index (χ4n) is 3.26. The molecule has 0 radical (unpaired) electrons. The first-order valence-corrected chi connectivity index (χ1v) is 7.41. The summed E-state index contributed by atoms with van der Waals surface area (Å²) in [5.41, 5.74) is 10.9. The number of fused-ring (bicyclic) bond motifs is 2. The van der Waals surface area contributed by atoms with Crippen molar-refractivity contribution in [3.63, 3.8) is 0 Å². The maximum Gasteiger partial charge on any atom is 0.0435 e. The van der Waals surface area contributed by atoms with E-state index in [0.29, 0.717) is 0 Å². The highest BCUT2D eigenvalue weighted by atomic mass is 15.1. The number of nitrogen functional groups attached to an aromatic ring is 1. The van der Waals surface area contributed by atoms with Crippen molar-refractivity contribution in [2.45, 2.75) is 13.0 Å². The first kappa shape index (κ1) is 12.3. The molecule has 0 bridgehead atoms. The fraction of sp³-hybridized carbons (Fsp3) is 0.158. The average Bonchev–Trinajstić information content (AvgIpc) is 2.90. The Morgan fingerprint density at radius 1 is 0.952 bits per heavy atom. The predicted octanol–water partition coefficient (Wildman–Crippen LogP) is 3.98. The fourth-order valence-corrected chi connectivity index (χ4v) is 3.26. The molecule has 0 atom stereocenters. The molecule has 1 heterocycles. The van der Waals surface area contributed by atoms with E-state index in [0.717, 1.165) is 25.2 Å². The molecule has 104 valence electrons. The van der Waals surface area contributed by atoms with Crippen LogP contribution < -0.4 is 10.6 Å². The van der Waals surface area contributed by atoms with E-state index in [1.165, 1.54) is 27.6 Å². The molecular formula is C19H18N2. The highest BCUT2D eigenvalue weighted by molar-refractivity contribution is 5.86. The Kier molecular flexibility index (Phi) is 2.81. The summed E-state index contributed by atoms with van der Waals surface area (Å²) in [5.74, 6) is 0. The molecule has 1 aliphatic rings. The average molecular weight is 274 g/mol. The van der Waals surface area contributed by atoms with Crippen LogP contribution in [0.5, 0.6) is 0 Å². The lowest BCUT2D eigenvalue weighted by Crippen LogP contribution is -2.19. The van der Waals surface area contributed by atoms with Crippen molar-refractivity contribution in [1.82, 2.24) is 0 Å². The van der Waals surface area contributed by atoms with E-state index in [4.69, 9.17) is 5.73 Å². The zero-order chi connectivity index (χ0) is 14.2. The maximum absolute atomic E-state index is 5.95. The summed E-state index contributed by atoms with van der Waals surface area (Å²) in [6, 6.07) is 21.4. The summed E-state index contributed by atoms with van der Waals surface area (Å²) in [5, 5.41) is 2.65. The van der Waals surface area contributed by atoms with E-state index in [2.05, 4.69) is 59.5 Å². The van der Waals surface area contributed by atoms with E-state index >= 15 is 0 Å². The van der Waals surface area contributed by atoms with E-state index in [9.17, 15) is 0 Å². The molecule has 0 fully saturated rings. The second-order valence-corrected chi connectivity index (χ2v) is 5.70. The van der Waals surface area contributed by atoms with Crippen LogP contribution >= 0.6 is 0 Å². The molecule has 0 spiro atoms. The molecule has 4 rings (SSSR count). The monoisotopic (exact) mass is 274 g/mol. The lowest BCUT2D eigenvalue weighted by Gasteiger charge is -2.21. The molecule has 2 N–H and O–H groups in total. The molecule has 0 amide bonds. The Labute approximate surface area is 124 Å². The van der Waals surface area contributed by atoms with Crippen LogP contribution in [0.25, 0.3) is 10.8 Å². The van der Waals surface area contributed by atoms with Gasteiger partial charge >= 0.3 is 0 Å². The van der Waals surface area contributed by atoms with E-state index in [1.807, 2.05) is 6.07 Å². The molecule has 0 aromatic heterocycles. The second-order valence-electron chi connectivity index (χ2n) is 5.70. The standard InChI is InChI=1S/C19H18N2/c20-17-9-8-15-10-11-21(19(15)12-17)13-16-6-3-5-14-4-1-2-7-18(14)16/h1-9,12H,10-11,13,20H2. The highest BCUT2D eigenvalue weighted by Gasteiger charge is 2.19. The largest absolute Gasteiger partial charge is 0.399 e. The van der Waals surface area contributed by atoms with E-state index in [-0.39, 0.29) is 0 Å². The third-order valence-electron chi connectivity index (χ3n) is 4.34. The number of nitrogens with two attached hydrogens (primary N) is 1. The van der Waals surface area contributed by atoms with Crippen molar-refractivity contribution < 1.29 is 0 Å². The first-order chi connectivity index (χ1) is 10.3. The molecule has 3 aromatic rings. The number of nitrogens with zero attached hydrogens (tertiary/aromatic N) is 1.